The third-order valence-electron chi connectivity index (χ3n) is 3.60. The van der Waals surface area contributed by atoms with Crippen LogP contribution in [0.25, 0.3) is 11.1 Å². The van der Waals surface area contributed by atoms with E-state index in [0.29, 0.717) is 0 Å². The Kier molecular flexibility index (Phi) is 3.43. The fourth-order valence-corrected chi connectivity index (χ4v) is 2.09. The molecule has 0 heterocycles. The molecule has 2 nitrogen and oxygen atoms in total. The average Bonchev–Trinajstić information content (AvgIpc) is 2.39. The average molecular weight is 254 g/mol. The van der Waals surface area contributed by atoms with Crippen molar-refractivity contribution in [2.24, 2.45) is 0 Å². The Morgan fingerprint density at radius 2 is 1.58 bits per heavy atom. The molecule has 0 saturated carbocycles. The van der Waals surface area contributed by atoms with E-state index in [1.807, 2.05) is 36.4 Å². The molecule has 0 aliphatic rings. The lowest BCUT2D eigenvalue weighted by atomic mass is 9.84. The van der Waals surface area contributed by atoms with Gasteiger partial charge in [0.15, 0.2) is 0 Å². The number of carboxylic acids is 1. The van der Waals surface area contributed by atoms with Crippen molar-refractivity contribution in [1.82, 2.24) is 0 Å². The normalized spacial score (nSPS) is 11.3. The first-order valence-corrected chi connectivity index (χ1v) is 6.33. The fraction of sp³-hybridized carbons (Fsp3) is 0.235. The standard InChI is InChI=1S/C17H18O2/c1-12-6-4-5-7-15(12)13-8-10-14(11-9-13)17(2,3)16(18)19/h4-11H,1-3H3,(H,18,19). The molecule has 0 radical (unpaired) electrons. The van der Waals surface area contributed by atoms with E-state index in [1.165, 1.54) is 11.1 Å². The van der Waals surface area contributed by atoms with Crippen LogP contribution in [-0.4, -0.2) is 11.1 Å². The highest BCUT2D eigenvalue weighted by molar-refractivity contribution is 5.80. The van der Waals surface area contributed by atoms with E-state index >= 15 is 0 Å². The molecule has 0 saturated heterocycles. The Labute approximate surface area is 113 Å². The summed E-state index contributed by atoms with van der Waals surface area (Å²) in [6, 6.07) is 16.0. The van der Waals surface area contributed by atoms with Crippen LogP contribution in [0.1, 0.15) is 25.0 Å². The van der Waals surface area contributed by atoms with E-state index in [9.17, 15) is 9.90 Å². The number of hydrogen-bond acceptors (Lipinski definition) is 1. The Bertz CT molecular complexity index is 595. The predicted octanol–water partition coefficient (Wildman–Crippen LogP) is 4.02. The summed E-state index contributed by atoms with van der Waals surface area (Å²) in [7, 11) is 0. The van der Waals surface area contributed by atoms with E-state index < -0.39 is 11.4 Å². The highest BCUT2D eigenvalue weighted by Gasteiger charge is 2.29. The first-order chi connectivity index (χ1) is 8.93. The summed E-state index contributed by atoms with van der Waals surface area (Å²) >= 11 is 0. The van der Waals surface area contributed by atoms with Crippen LogP contribution in [0, 0.1) is 6.92 Å². The van der Waals surface area contributed by atoms with E-state index in [0.717, 1.165) is 11.1 Å². The van der Waals surface area contributed by atoms with Crippen LogP contribution >= 0.6 is 0 Å². The molecule has 2 heteroatoms. The van der Waals surface area contributed by atoms with Crippen molar-refractivity contribution in [1.29, 1.82) is 0 Å². The van der Waals surface area contributed by atoms with E-state index in [4.69, 9.17) is 0 Å². The van der Waals surface area contributed by atoms with Gasteiger partial charge in [-0.1, -0.05) is 48.5 Å². The van der Waals surface area contributed by atoms with Gasteiger partial charge in [-0.15, -0.1) is 0 Å². The number of rotatable bonds is 3. The number of carbonyl (C=O) groups is 1. The largest absolute Gasteiger partial charge is 0.481 e. The van der Waals surface area contributed by atoms with Gasteiger partial charge < -0.3 is 5.11 Å². The molecule has 0 amide bonds. The summed E-state index contributed by atoms with van der Waals surface area (Å²) < 4.78 is 0. The number of carboxylic acid groups (broad SMARTS) is 1. The zero-order valence-electron chi connectivity index (χ0n) is 11.5. The van der Waals surface area contributed by atoms with Gasteiger partial charge in [-0.25, -0.2) is 0 Å². The summed E-state index contributed by atoms with van der Waals surface area (Å²) in [6.07, 6.45) is 0. The lowest BCUT2D eigenvalue weighted by Gasteiger charge is -2.20. The van der Waals surface area contributed by atoms with Gasteiger partial charge in [0.05, 0.1) is 5.41 Å². The summed E-state index contributed by atoms with van der Waals surface area (Å²) in [5, 5.41) is 9.23. The summed E-state index contributed by atoms with van der Waals surface area (Å²) in [4.78, 5) is 11.2. The van der Waals surface area contributed by atoms with Gasteiger partial charge in [-0.2, -0.15) is 0 Å². The molecule has 2 rings (SSSR count). The first kappa shape index (κ1) is 13.3. The maximum atomic E-state index is 11.2. The van der Waals surface area contributed by atoms with E-state index in [2.05, 4.69) is 19.1 Å². The van der Waals surface area contributed by atoms with Crippen molar-refractivity contribution in [3.8, 4) is 11.1 Å². The monoisotopic (exact) mass is 254 g/mol. The molecule has 0 unspecified atom stereocenters. The van der Waals surface area contributed by atoms with Crippen molar-refractivity contribution in [2.45, 2.75) is 26.2 Å². The SMILES string of the molecule is Cc1ccccc1-c1ccc(C(C)(C)C(=O)O)cc1. The number of aryl methyl sites for hydroxylation is 1. The van der Waals surface area contributed by atoms with Crippen LogP contribution in [0.3, 0.4) is 0 Å². The van der Waals surface area contributed by atoms with Crippen LogP contribution in [0.2, 0.25) is 0 Å². The van der Waals surface area contributed by atoms with Gasteiger partial charge in [0.25, 0.3) is 0 Å². The lowest BCUT2D eigenvalue weighted by molar-refractivity contribution is -0.142. The van der Waals surface area contributed by atoms with Crippen molar-refractivity contribution in [2.75, 3.05) is 0 Å². The highest BCUT2D eigenvalue weighted by Crippen LogP contribution is 2.28. The zero-order chi connectivity index (χ0) is 14.0. The highest BCUT2D eigenvalue weighted by atomic mass is 16.4. The first-order valence-electron chi connectivity index (χ1n) is 6.33. The van der Waals surface area contributed by atoms with Gasteiger partial charge in [0.2, 0.25) is 0 Å². The minimum absolute atomic E-state index is 0.809. The number of aliphatic carboxylic acids is 1. The third-order valence-corrected chi connectivity index (χ3v) is 3.60. The topological polar surface area (TPSA) is 37.3 Å². The lowest BCUT2D eigenvalue weighted by Crippen LogP contribution is -2.28. The molecule has 2 aromatic rings. The van der Waals surface area contributed by atoms with Crippen LogP contribution in [0.4, 0.5) is 0 Å². The van der Waals surface area contributed by atoms with Gasteiger partial charge in [-0.05, 0) is 43.0 Å². The van der Waals surface area contributed by atoms with Gasteiger partial charge >= 0.3 is 5.97 Å². The van der Waals surface area contributed by atoms with E-state index in [1.54, 1.807) is 13.8 Å². The fourth-order valence-electron chi connectivity index (χ4n) is 2.09. The third kappa shape index (κ3) is 2.53. The minimum Gasteiger partial charge on any atom is -0.481 e. The Morgan fingerprint density at radius 3 is 2.11 bits per heavy atom. The summed E-state index contributed by atoms with van der Waals surface area (Å²) in [6.45, 7) is 5.51. The van der Waals surface area contributed by atoms with Crippen molar-refractivity contribution < 1.29 is 9.90 Å². The van der Waals surface area contributed by atoms with E-state index in [-0.39, 0.29) is 0 Å². The van der Waals surface area contributed by atoms with Crippen molar-refractivity contribution in [3.63, 3.8) is 0 Å². The molecule has 98 valence electrons. The Hall–Kier alpha value is -2.09. The quantitative estimate of drug-likeness (QED) is 0.898. The molecule has 1 N–H and O–H groups in total. The second-order valence-electron chi connectivity index (χ2n) is 5.32. The second kappa shape index (κ2) is 4.88. The summed E-state index contributed by atoms with van der Waals surface area (Å²) in [5.41, 5.74) is 3.47. The molecule has 2 aromatic carbocycles. The van der Waals surface area contributed by atoms with Crippen LogP contribution in [0.15, 0.2) is 48.5 Å². The second-order valence-corrected chi connectivity index (χ2v) is 5.32. The maximum absolute atomic E-state index is 11.2. The Balaban J connectivity index is 2.40. The van der Waals surface area contributed by atoms with Crippen LogP contribution < -0.4 is 0 Å². The van der Waals surface area contributed by atoms with Crippen molar-refractivity contribution >= 4 is 5.97 Å². The smallest absolute Gasteiger partial charge is 0.313 e. The van der Waals surface area contributed by atoms with Gasteiger partial charge in [0, 0.05) is 0 Å². The molecule has 0 aromatic heterocycles. The van der Waals surface area contributed by atoms with Gasteiger partial charge in [0.1, 0.15) is 0 Å². The molecule has 0 spiro atoms. The molecule has 0 aliphatic heterocycles. The molecule has 0 aliphatic carbocycles. The zero-order valence-corrected chi connectivity index (χ0v) is 11.5. The van der Waals surface area contributed by atoms with Crippen LogP contribution in [-0.2, 0) is 10.2 Å². The predicted molar refractivity (Wildman–Crippen MR) is 77.3 cm³/mol. The minimum atomic E-state index is -0.857. The molecule has 0 fully saturated rings. The molecule has 0 atom stereocenters. The molecule has 0 bridgehead atoms. The maximum Gasteiger partial charge on any atom is 0.313 e. The van der Waals surface area contributed by atoms with Crippen molar-refractivity contribution in [3.05, 3.63) is 59.7 Å². The summed E-state index contributed by atoms with van der Waals surface area (Å²) in [5.74, 6) is -0.809. The molecule has 19 heavy (non-hydrogen) atoms. The Morgan fingerprint density at radius 1 is 1.00 bits per heavy atom. The molecular weight excluding hydrogens is 236 g/mol. The number of benzene rings is 2. The van der Waals surface area contributed by atoms with Crippen LogP contribution in [0.5, 0.6) is 0 Å². The van der Waals surface area contributed by atoms with Gasteiger partial charge in [-0.3, -0.25) is 4.79 Å². The number of hydrogen-bond donors (Lipinski definition) is 1. The molecular formula is C17H18O2.